The number of pyridine rings is 1. The summed E-state index contributed by atoms with van der Waals surface area (Å²) in [5.41, 5.74) is 0. The van der Waals surface area contributed by atoms with Crippen LogP contribution in [0.3, 0.4) is 0 Å². The maximum atomic E-state index is 12.9. The molecule has 1 aromatic heterocycles. The zero-order valence-electron chi connectivity index (χ0n) is 11.9. The summed E-state index contributed by atoms with van der Waals surface area (Å²) in [6, 6.07) is 6.36. The molecule has 0 saturated carbocycles. The molecule has 3 rings (SSSR count). The Morgan fingerprint density at radius 2 is 1.96 bits per heavy atom. The van der Waals surface area contributed by atoms with Gasteiger partial charge in [-0.05, 0) is 12.1 Å². The van der Waals surface area contributed by atoms with Crippen LogP contribution in [0.2, 0.25) is 5.15 Å². The molecule has 1 N–H and O–H groups in total. The molecule has 1 aromatic carbocycles. The third-order valence-electron chi connectivity index (χ3n) is 3.63. The number of benzene rings is 1. The maximum absolute atomic E-state index is 12.9. The second kappa shape index (κ2) is 5.99. The van der Waals surface area contributed by atoms with Crippen molar-refractivity contribution in [1.29, 1.82) is 0 Å². The first kappa shape index (κ1) is 16.6. The fourth-order valence-electron chi connectivity index (χ4n) is 2.48. The van der Waals surface area contributed by atoms with Gasteiger partial charge in [0.15, 0.2) is 0 Å². The van der Waals surface area contributed by atoms with Gasteiger partial charge < -0.3 is 0 Å². The molecule has 2 aromatic rings. The molecule has 1 saturated heterocycles. The average Bonchev–Trinajstić information content (AvgIpc) is 2.68. The van der Waals surface area contributed by atoms with E-state index in [0.29, 0.717) is 10.8 Å². The summed E-state index contributed by atoms with van der Waals surface area (Å²) >= 11 is 6.02. The van der Waals surface area contributed by atoms with E-state index in [-0.39, 0.29) is 35.4 Å². The van der Waals surface area contributed by atoms with Gasteiger partial charge in [0.1, 0.15) is 5.15 Å². The van der Waals surface area contributed by atoms with Crippen LogP contribution in [0.1, 0.15) is 0 Å². The second-order valence-corrected chi connectivity index (χ2v) is 9.26. The van der Waals surface area contributed by atoms with Crippen LogP contribution in [0.5, 0.6) is 0 Å². The molecule has 0 amide bonds. The van der Waals surface area contributed by atoms with Gasteiger partial charge in [-0.2, -0.15) is 4.31 Å². The minimum absolute atomic E-state index is 0.0502. The summed E-state index contributed by atoms with van der Waals surface area (Å²) in [5.74, 6) is -0.265. The Kier molecular flexibility index (Phi) is 4.32. The zero-order valence-corrected chi connectivity index (χ0v) is 14.3. The predicted octanol–water partition coefficient (Wildman–Crippen LogP) is 0.812. The Bertz CT molecular complexity index is 960. The number of sulfonamides is 2. The van der Waals surface area contributed by atoms with E-state index >= 15 is 0 Å². The Hall–Kier alpha value is -1.26. The van der Waals surface area contributed by atoms with E-state index < -0.39 is 20.0 Å². The van der Waals surface area contributed by atoms with Crippen LogP contribution in [0.4, 0.5) is 0 Å². The lowest BCUT2D eigenvalue weighted by atomic mass is 10.2. The smallest absolute Gasteiger partial charge is 0.243 e. The topological polar surface area (TPSA) is 96.4 Å². The second-order valence-electron chi connectivity index (χ2n) is 5.07. The lowest BCUT2D eigenvalue weighted by molar-refractivity contribution is 0.440. The Labute approximate surface area is 139 Å². The minimum atomic E-state index is -3.84. The van der Waals surface area contributed by atoms with Gasteiger partial charge in [-0.3, -0.25) is 0 Å². The maximum Gasteiger partial charge on any atom is 0.243 e. The van der Waals surface area contributed by atoms with Crippen LogP contribution < -0.4 is 4.72 Å². The van der Waals surface area contributed by atoms with Crippen molar-refractivity contribution >= 4 is 42.4 Å². The summed E-state index contributed by atoms with van der Waals surface area (Å²) in [4.78, 5) is 4.04. The molecular weight excluding hydrogens is 362 g/mol. The van der Waals surface area contributed by atoms with E-state index in [2.05, 4.69) is 9.71 Å². The first-order valence-corrected chi connectivity index (χ1v) is 10.3. The molecule has 1 fully saturated rings. The molecule has 10 heteroatoms. The molecule has 0 spiro atoms. The quantitative estimate of drug-likeness (QED) is 0.783. The van der Waals surface area contributed by atoms with E-state index in [1.54, 1.807) is 18.2 Å². The van der Waals surface area contributed by atoms with E-state index in [1.807, 2.05) is 0 Å². The fourth-order valence-corrected chi connectivity index (χ4v) is 5.47. The van der Waals surface area contributed by atoms with Crippen molar-refractivity contribution in [2.24, 2.45) is 0 Å². The van der Waals surface area contributed by atoms with Gasteiger partial charge >= 0.3 is 0 Å². The molecule has 1 aliphatic rings. The number of nitrogens with one attached hydrogen (secondary N) is 1. The van der Waals surface area contributed by atoms with Gasteiger partial charge in [0, 0.05) is 36.6 Å². The van der Waals surface area contributed by atoms with Crippen molar-refractivity contribution in [3.8, 4) is 0 Å². The van der Waals surface area contributed by atoms with Crippen LogP contribution in [-0.4, -0.2) is 51.5 Å². The van der Waals surface area contributed by atoms with Crippen molar-refractivity contribution in [3.05, 3.63) is 35.6 Å². The summed E-state index contributed by atoms with van der Waals surface area (Å²) in [6.45, 7) is 0.0400. The summed E-state index contributed by atoms with van der Waals surface area (Å²) in [5, 5.41) is 1.23. The monoisotopic (exact) mass is 375 g/mol. The molecule has 7 nitrogen and oxygen atoms in total. The van der Waals surface area contributed by atoms with Gasteiger partial charge in [-0.15, -0.1) is 0 Å². The van der Waals surface area contributed by atoms with E-state index in [4.69, 9.17) is 11.6 Å². The number of aromatic nitrogens is 1. The van der Waals surface area contributed by atoms with Gasteiger partial charge in [-0.1, -0.05) is 23.7 Å². The highest BCUT2D eigenvalue weighted by Crippen LogP contribution is 2.29. The third kappa shape index (κ3) is 3.20. The van der Waals surface area contributed by atoms with Crippen LogP contribution in [0.15, 0.2) is 35.4 Å². The number of rotatable bonds is 2. The predicted molar refractivity (Wildman–Crippen MR) is 87.3 cm³/mol. The van der Waals surface area contributed by atoms with Crippen molar-refractivity contribution in [1.82, 2.24) is 14.0 Å². The highest BCUT2D eigenvalue weighted by Gasteiger charge is 2.30. The summed E-state index contributed by atoms with van der Waals surface area (Å²) in [7, 11) is -7.27. The summed E-state index contributed by atoms with van der Waals surface area (Å²) in [6.07, 6.45) is 1.44. The Balaban J connectivity index is 2.09. The van der Waals surface area contributed by atoms with Gasteiger partial charge in [0.25, 0.3) is 0 Å². The minimum Gasteiger partial charge on any atom is -0.244 e. The number of nitrogens with zero attached hydrogens (tertiary/aromatic N) is 2. The largest absolute Gasteiger partial charge is 0.244 e. The van der Waals surface area contributed by atoms with Crippen molar-refractivity contribution in [2.45, 2.75) is 4.90 Å². The van der Waals surface area contributed by atoms with E-state index in [9.17, 15) is 16.8 Å². The van der Waals surface area contributed by atoms with E-state index in [1.165, 1.54) is 16.6 Å². The lowest BCUT2D eigenvalue weighted by Gasteiger charge is -2.20. The lowest BCUT2D eigenvalue weighted by Crippen LogP contribution is -2.35. The highest BCUT2D eigenvalue weighted by molar-refractivity contribution is 7.90. The number of hydrogen-bond donors (Lipinski definition) is 1. The molecule has 124 valence electrons. The number of hydrogen-bond acceptors (Lipinski definition) is 5. The Morgan fingerprint density at radius 1 is 1.17 bits per heavy atom. The molecular formula is C13H14ClN3O4S2. The van der Waals surface area contributed by atoms with Crippen LogP contribution in [0, 0.1) is 0 Å². The first-order chi connectivity index (χ1) is 10.8. The molecule has 0 radical (unpaired) electrons. The SMILES string of the molecule is O=S1(=O)CCN(S(=O)(=O)c2cccc3c(Cl)nccc23)CCN1. The Morgan fingerprint density at radius 3 is 2.74 bits per heavy atom. The third-order valence-corrected chi connectivity index (χ3v) is 7.25. The average molecular weight is 376 g/mol. The fraction of sp³-hybridized carbons (Fsp3) is 0.308. The molecule has 23 heavy (non-hydrogen) atoms. The van der Waals surface area contributed by atoms with Gasteiger partial charge in [0.2, 0.25) is 20.0 Å². The van der Waals surface area contributed by atoms with Crippen molar-refractivity contribution in [3.63, 3.8) is 0 Å². The number of fused-ring (bicyclic) bond motifs is 1. The molecule has 0 unspecified atom stereocenters. The first-order valence-electron chi connectivity index (χ1n) is 6.82. The molecule has 0 atom stereocenters. The van der Waals surface area contributed by atoms with Crippen molar-refractivity contribution in [2.75, 3.05) is 25.4 Å². The highest BCUT2D eigenvalue weighted by atomic mass is 35.5. The van der Waals surface area contributed by atoms with Crippen molar-refractivity contribution < 1.29 is 16.8 Å². The molecule has 0 aliphatic carbocycles. The number of halogens is 1. The van der Waals surface area contributed by atoms with Crippen LogP contribution >= 0.6 is 11.6 Å². The zero-order chi connectivity index (χ0) is 16.7. The van der Waals surface area contributed by atoms with Crippen LogP contribution in [0.25, 0.3) is 10.8 Å². The molecule has 0 bridgehead atoms. The normalized spacial score (nSPS) is 19.5. The standard InChI is InChI=1S/C13H14ClN3O4S2/c14-13-11-2-1-3-12(10(11)4-5-15-13)23(20,21)17-7-6-16-22(18,19)9-8-17/h1-5,16H,6-9H2. The molecule has 1 aliphatic heterocycles. The van der Waals surface area contributed by atoms with E-state index in [0.717, 1.165) is 0 Å². The molecule has 2 heterocycles. The van der Waals surface area contributed by atoms with Crippen LogP contribution in [-0.2, 0) is 20.0 Å². The summed E-state index contributed by atoms with van der Waals surface area (Å²) < 4.78 is 52.5. The van der Waals surface area contributed by atoms with Gasteiger partial charge in [0.05, 0.1) is 10.6 Å². The van der Waals surface area contributed by atoms with Gasteiger partial charge in [-0.25, -0.2) is 26.5 Å².